The van der Waals surface area contributed by atoms with Crippen LogP contribution in [0.3, 0.4) is 0 Å². The Bertz CT molecular complexity index is 500. The number of benzene rings is 1. The van der Waals surface area contributed by atoms with Crippen molar-refractivity contribution in [3.63, 3.8) is 0 Å². The highest BCUT2D eigenvalue weighted by Crippen LogP contribution is 2.34. The molecule has 0 aromatic heterocycles. The van der Waals surface area contributed by atoms with Crippen molar-refractivity contribution in [3.8, 4) is 5.75 Å². The minimum atomic E-state index is -0.175. The molecule has 2 aliphatic heterocycles. The van der Waals surface area contributed by atoms with Gasteiger partial charge in [-0.2, -0.15) is 0 Å². The Morgan fingerprint density at radius 2 is 2.20 bits per heavy atom. The minimum absolute atomic E-state index is 0.136. The molecule has 0 saturated carbocycles. The molecule has 1 amide bonds. The van der Waals surface area contributed by atoms with Crippen molar-refractivity contribution in [3.05, 3.63) is 29.8 Å². The number of rotatable bonds is 3. The zero-order valence-corrected chi connectivity index (χ0v) is 11.8. The van der Waals surface area contributed by atoms with Crippen molar-refractivity contribution in [1.82, 2.24) is 10.2 Å². The zero-order chi connectivity index (χ0) is 14.1. The van der Waals surface area contributed by atoms with E-state index in [4.69, 9.17) is 9.47 Å². The fraction of sp³-hybridized carbons (Fsp3) is 0.533. The van der Waals surface area contributed by atoms with E-state index in [9.17, 15) is 4.79 Å². The van der Waals surface area contributed by atoms with Gasteiger partial charge in [0.25, 0.3) is 0 Å². The molecule has 0 spiro atoms. The summed E-state index contributed by atoms with van der Waals surface area (Å²) in [7, 11) is 1.65. The molecule has 3 unspecified atom stereocenters. The smallest absolute Gasteiger partial charge is 0.241 e. The molecular formula is C15H20N2O3. The lowest BCUT2D eigenvalue weighted by Gasteiger charge is -2.30. The second-order valence-electron chi connectivity index (χ2n) is 5.30. The van der Waals surface area contributed by atoms with Gasteiger partial charge >= 0.3 is 0 Å². The maximum absolute atomic E-state index is 12.4. The molecule has 108 valence electrons. The molecule has 1 aromatic rings. The lowest BCUT2D eigenvalue weighted by molar-refractivity contribution is -0.132. The van der Waals surface area contributed by atoms with Gasteiger partial charge in [-0.1, -0.05) is 18.2 Å². The summed E-state index contributed by atoms with van der Waals surface area (Å²) < 4.78 is 10.9. The predicted octanol–water partition coefficient (Wildman–Crippen LogP) is 1.30. The molecule has 3 atom stereocenters. The molecule has 0 bridgehead atoms. The first-order chi connectivity index (χ1) is 9.72. The molecule has 2 saturated heterocycles. The van der Waals surface area contributed by atoms with Gasteiger partial charge in [-0.3, -0.25) is 10.1 Å². The van der Waals surface area contributed by atoms with Gasteiger partial charge in [0.15, 0.2) is 0 Å². The van der Waals surface area contributed by atoms with E-state index < -0.39 is 0 Å². The van der Waals surface area contributed by atoms with Crippen LogP contribution in [-0.2, 0) is 9.53 Å². The minimum Gasteiger partial charge on any atom is -0.496 e. The maximum atomic E-state index is 12.4. The van der Waals surface area contributed by atoms with Crippen molar-refractivity contribution in [2.75, 3.05) is 20.3 Å². The van der Waals surface area contributed by atoms with Crippen molar-refractivity contribution < 1.29 is 14.3 Å². The van der Waals surface area contributed by atoms with E-state index in [2.05, 4.69) is 5.32 Å². The van der Waals surface area contributed by atoms with Gasteiger partial charge in [0, 0.05) is 12.2 Å². The van der Waals surface area contributed by atoms with E-state index in [0.717, 1.165) is 24.3 Å². The summed E-state index contributed by atoms with van der Waals surface area (Å²) in [5.74, 6) is 0.937. The van der Waals surface area contributed by atoms with Gasteiger partial charge in [-0.05, 0) is 19.4 Å². The highest BCUT2D eigenvalue weighted by atomic mass is 16.5. The van der Waals surface area contributed by atoms with Crippen LogP contribution < -0.4 is 10.1 Å². The fourth-order valence-electron chi connectivity index (χ4n) is 3.00. The average molecular weight is 276 g/mol. The topological polar surface area (TPSA) is 50.8 Å². The Morgan fingerprint density at radius 3 is 2.90 bits per heavy atom. The molecule has 0 radical (unpaired) electrons. The van der Waals surface area contributed by atoms with Crippen LogP contribution in [0.1, 0.15) is 25.1 Å². The predicted molar refractivity (Wildman–Crippen MR) is 74.4 cm³/mol. The number of para-hydroxylation sites is 1. The summed E-state index contributed by atoms with van der Waals surface area (Å²) in [6.07, 6.45) is 0.756. The molecule has 1 N–H and O–H groups in total. The number of hydrogen-bond donors (Lipinski definition) is 1. The van der Waals surface area contributed by atoms with Crippen molar-refractivity contribution in [2.24, 2.45) is 0 Å². The van der Waals surface area contributed by atoms with Gasteiger partial charge in [0.2, 0.25) is 5.91 Å². The van der Waals surface area contributed by atoms with Gasteiger partial charge in [0.05, 0.1) is 25.8 Å². The Balaban J connectivity index is 1.95. The Hall–Kier alpha value is -1.59. The molecule has 5 nitrogen and oxygen atoms in total. The van der Waals surface area contributed by atoms with Crippen LogP contribution in [0.5, 0.6) is 5.75 Å². The summed E-state index contributed by atoms with van der Waals surface area (Å²) in [4.78, 5) is 14.4. The number of carbonyl (C=O) groups is 1. The molecule has 2 aliphatic rings. The lowest BCUT2D eigenvalue weighted by atomic mass is 10.1. The number of hydrogen-bond acceptors (Lipinski definition) is 4. The number of amides is 1. The van der Waals surface area contributed by atoms with E-state index >= 15 is 0 Å². The van der Waals surface area contributed by atoms with Gasteiger partial charge < -0.3 is 14.4 Å². The number of carbonyl (C=O) groups excluding carboxylic acids is 1. The molecule has 2 fully saturated rings. The second-order valence-corrected chi connectivity index (χ2v) is 5.30. The summed E-state index contributed by atoms with van der Waals surface area (Å²) in [6, 6.07) is 7.81. The van der Waals surface area contributed by atoms with Crippen LogP contribution >= 0.6 is 0 Å². The van der Waals surface area contributed by atoms with Crippen LogP contribution in [0.15, 0.2) is 24.3 Å². The standard InChI is InChI=1S/C15H20N2O3/c1-10-15(18)17(11-7-8-20-9-11)14(16-10)12-5-3-4-6-13(12)19-2/h3-6,10-11,14,16H,7-9H2,1-2H3. The summed E-state index contributed by atoms with van der Waals surface area (Å²) in [6.45, 7) is 3.24. The molecule has 0 aliphatic carbocycles. The molecule has 20 heavy (non-hydrogen) atoms. The zero-order valence-electron chi connectivity index (χ0n) is 11.8. The number of ether oxygens (including phenoxy) is 2. The number of methoxy groups -OCH3 is 1. The van der Waals surface area contributed by atoms with Crippen LogP contribution in [0.2, 0.25) is 0 Å². The number of nitrogens with one attached hydrogen (secondary N) is 1. The Kier molecular flexibility index (Phi) is 3.63. The third-order valence-corrected chi connectivity index (χ3v) is 4.04. The third-order valence-electron chi connectivity index (χ3n) is 4.04. The molecular weight excluding hydrogens is 256 g/mol. The van der Waals surface area contributed by atoms with Gasteiger partial charge in [-0.15, -0.1) is 0 Å². The molecule has 5 heteroatoms. The SMILES string of the molecule is COc1ccccc1C1NC(C)C(=O)N1C1CCOC1. The fourth-order valence-corrected chi connectivity index (χ4v) is 3.00. The largest absolute Gasteiger partial charge is 0.496 e. The highest BCUT2D eigenvalue weighted by molar-refractivity contribution is 5.84. The Labute approximate surface area is 118 Å². The first kappa shape index (κ1) is 13.4. The average Bonchev–Trinajstić information content (AvgIpc) is 3.08. The van der Waals surface area contributed by atoms with E-state index in [1.165, 1.54) is 0 Å². The molecule has 1 aromatic carbocycles. The lowest BCUT2D eigenvalue weighted by Crippen LogP contribution is -2.40. The van der Waals surface area contributed by atoms with Gasteiger partial charge in [-0.25, -0.2) is 0 Å². The van der Waals surface area contributed by atoms with Crippen molar-refractivity contribution in [2.45, 2.75) is 31.6 Å². The second kappa shape index (κ2) is 5.42. The normalized spacial score (nSPS) is 30.0. The Morgan fingerprint density at radius 1 is 1.40 bits per heavy atom. The van der Waals surface area contributed by atoms with Crippen LogP contribution in [0.4, 0.5) is 0 Å². The van der Waals surface area contributed by atoms with Crippen LogP contribution in [-0.4, -0.2) is 43.2 Å². The van der Waals surface area contributed by atoms with E-state index in [0.29, 0.717) is 6.61 Å². The third kappa shape index (κ3) is 2.17. The first-order valence-electron chi connectivity index (χ1n) is 7.01. The van der Waals surface area contributed by atoms with E-state index in [1.807, 2.05) is 36.1 Å². The monoisotopic (exact) mass is 276 g/mol. The van der Waals surface area contributed by atoms with Gasteiger partial charge in [0.1, 0.15) is 11.9 Å². The summed E-state index contributed by atoms with van der Waals surface area (Å²) in [5.41, 5.74) is 1.000. The molecule has 3 rings (SSSR count). The molecule has 2 heterocycles. The number of nitrogens with zero attached hydrogens (tertiary/aromatic N) is 1. The summed E-state index contributed by atoms with van der Waals surface area (Å²) >= 11 is 0. The highest BCUT2D eigenvalue weighted by Gasteiger charge is 2.43. The van der Waals surface area contributed by atoms with Crippen LogP contribution in [0, 0.1) is 0 Å². The van der Waals surface area contributed by atoms with E-state index in [1.54, 1.807) is 7.11 Å². The quantitative estimate of drug-likeness (QED) is 0.904. The van der Waals surface area contributed by atoms with Crippen LogP contribution in [0.25, 0.3) is 0 Å². The summed E-state index contributed by atoms with van der Waals surface area (Å²) in [5, 5.41) is 3.36. The maximum Gasteiger partial charge on any atom is 0.241 e. The van der Waals surface area contributed by atoms with Crippen molar-refractivity contribution >= 4 is 5.91 Å². The van der Waals surface area contributed by atoms with Crippen molar-refractivity contribution in [1.29, 1.82) is 0 Å². The van der Waals surface area contributed by atoms with E-state index in [-0.39, 0.29) is 24.2 Å². The first-order valence-corrected chi connectivity index (χ1v) is 7.01.